The smallest absolute Gasteiger partial charge is 0.271 e. The monoisotopic (exact) mass is 341 g/mol. The van der Waals surface area contributed by atoms with E-state index in [9.17, 15) is 10.1 Å². The molecule has 1 fully saturated rings. The molecule has 6 nitrogen and oxygen atoms in total. The Kier molecular flexibility index (Phi) is 6.62. The van der Waals surface area contributed by atoms with Crippen LogP contribution in [-0.2, 0) is 4.74 Å². The first kappa shape index (κ1) is 18.0. The van der Waals surface area contributed by atoms with Crippen LogP contribution in [0.1, 0.15) is 20.3 Å². The van der Waals surface area contributed by atoms with Gasteiger partial charge in [-0.1, -0.05) is 25.4 Å². The summed E-state index contributed by atoms with van der Waals surface area (Å²) in [5.74, 6) is 0.594. The van der Waals surface area contributed by atoms with Gasteiger partial charge in [-0.25, -0.2) is 0 Å². The van der Waals surface area contributed by atoms with Crippen LogP contribution in [0, 0.1) is 16.0 Å². The van der Waals surface area contributed by atoms with Gasteiger partial charge >= 0.3 is 0 Å². The Labute approximate surface area is 141 Å². The van der Waals surface area contributed by atoms with Gasteiger partial charge in [0.2, 0.25) is 0 Å². The first-order valence-corrected chi connectivity index (χ1v) is 8.34. The summed E-state index contributed by atoms with van der Waals surface area (Å²) in [6, 6.07) is 4.92. The average Bonchev–Trinajstić information content (AvgIpc) is 2.52. The maximum atomic E-state index is 10.8. The molecule has 1 aliphatic heterocycles. The zero-order chi connectivity index (χ0) is 16.8. The number of nitrogens with zero attached hydrogens (tertiary/aromatic N) is 2. The normalized spacial score (nSPS) is 17.2. The van der Waals surface area contributed by atoms with E-state index in [2.05, 4.69) is 24.1 Å². The number of benzene rings is 1. The van der Waals surface area contributed by atoms with Crippen molar-refractivity contribution in [2.45, 2.75) is 26.3 Å². The van der Waals surface area contributed by atoms with E-state index in [-0.39, 0.29) is 5.69 Å². The van der Waals surface area contributed by atoms with Crippen LogP contribution in [0.15, 0.2) is 18.2 Å². The van der Waals surface area contributed by atoms with Crippen molar-refractivity contribution in [1.29, 1.82) is 0 Å². The zero-order valence-electron chi connectivity index (χ0n) is 13.6. The molecule has 1 atom stereocenters. The number of nitro groups is 1. The minimum Gasteiger partial charge on any atom is -0.382 e. The molecule has 7 heteroatoms. The molecule has 0 amide bonds. The van der Waals surface area contributed by atoms with Crippen LogP contribution in [0.5, 0.6) is 0 Å². The maximum Gasteiger partial charge on any atom is 0.271 e. The number of rotatable bonds is 7. The predicted molar refractivity (Wildman–Crippen MR) is 92.2 cm³/mol. The number of ether oxygens (including phenoxy) is 1. The van der Waals surface area contributed by atoms with Crippen molar-refractivity contribution >= 4 is 23.0 Å². The van der Waals surface area contributed by atoms with Crippen LogP contribution >= 0.6 is 11.6 Å². The van der Waals surface area contributed by atoms with Crippen molar-refractivity contribution in [2.24, 2.45) is 5.92 Å². The molecule has 0 radical (unpaired) electrons. The van der Waals surface area contributed by atoms with E-state index >= 15 is 0 Å². The summed E-state index contributed by atoms with van der Waals surface area (Å²) >= 11 is 6.15. The predicted octanol–water partition coefficient (Wildman–Crippen LogP) is 3.41. The Morgan fingerprint density at radius 3 is 2.65 bits per heavy atom. The number of nitro benzene ring substituents is 1. The molecule has 1 aliphatic rings. The molecule has 0 aromatic heterocycles. The van der Waals surface area contributed by atoms with E-state index in [1.165, 1.54) is 12.1 Å². The summed E-state index contributed by atoms with van der Waals surface area (Å²) in [5.41, 5.74) is 0.742. The number of nitrogens with one attached hydrogen (secondary N) is 1. The Hall–Kier alpha value is -1.37. The fourth-order valence-electron chi connectivity index (χ4n) is 2.84. The fourth-order valence-corrected chi connectivity index (χ4v) is 3.08. The Morgan fingerprint density at radius 2 is 2.09 bits per heavy atom. The minimum atomic E-state index is -0.440. The molecule has 1 saturated heterocycles. The average molecular weight is 342 g/mol. The molecule has 23 heavy (non-hydrogen) atoms. The van der Waals surface area contributed by atoms with Crippen molar-refractivity contribution in [1.82, 2.24) is 4.90 Å². The largest absolute Gasteiger partial charge is 0.382 e. The highest BCUT2D eigenvalue weighted by Gasteiger charge is 2.22. The van der Waals surface area contributed by atoms with Gasteiger partial charge in [0.25, 0.3) is 5.69 Å². The second-order valence-corrected chi connectivity index (χ2v) is 6.64. The summed E-state index contributed by atoms with van der Waals surface area (Å²) in [7, 11) is 0. The maximum absolute atomic E-state index is 10.8. The molecule has 1 aromatic rings. The van der Waals surface area contributed by atoms with Crippen molar-refractivity contribution < 1.29 is 9.66 Å². The Bertz CT molecular complexity index is 533. The topological polar surface area (TPSA) is 67.6 Å². The van der Waals surface area contributed by atoms with Crippen molar-refractivity contribution in [3.63, 3.8) is 0 Å². The van der Waals surface area contributed by atoms with Gasteiger partial charge in [0.15, 0.2) is 0 Å². The van der Waals surface area contributed by atoms with Crippen LogP contribution in [-0.4, -0.2) is 48.7 Å². The molecule has 0 aliphatic carbocycles. The standard InChI is InChI=1S/C16H24ClN3O3/c1-12(2)9-14(19-5-7-23-8-6-19)11-18-16-4-3-13(20(21)22)10-15(16)17/h3-4,10,12,14,18H,5-9,11H2,1-2H3/t14-/m1/s1. The van der Waals surface area contributed by atoms with Crippen LogP contribution in [0.2, 0.25) is 5.02 Å². The summed E-state index contributed by atoms with van der Waals surface area (Å²) in [5, 5.41) is 14.5. The lowest BCUT2D eigenvalue weighted by molar-refractivity contribution is -0.384. The second-order valence-electron chi connectivity index (χ2n) is 6.23. The fraction of sp³-hybridized carbons (Fsp3) is 0.625. The van der Waals surface area contributed by atoms with E-state index < -0.39 is 4.92 Å². The lowest BCUT2D eigenvalue weighted by Crippen LogP contribution is -2.47. The molecule has 0 saturated carbocycles. The lowest BCUT2D eigenvalue weighted by atomic mass is 10.0. The van der Waals surface area contributed by atoms with Gasteiger partial charge in [0, 0.05) is 37.8 Å². The highest BCUT2D eigenvalue weighted by Crippen LogP contribution is 2.27. The number of hydrogen-bond acceptors (Lipinski definition) is 5. The van der Waals surface area contributed by atoms with Gasteiger partial charge in [0.1, 0.15) is 0 Å². The van der Waals surface area contributed by atoms with Crippen LogP contribution in [0.3, 0.4) is 0 Å². The summed E-state index contributed by atoms with van der Waals surface area (Å²) in [6.45, 7) is 8.61. The van der Waals surface area contributed by atoms with Crippen molar-refractivity contribution in [3.05, 3.63) is 33.3 Å². The van der Waals surface area contributed by atoms with Crippen molar-refractivity contribution in [2.75, 3.05) is 38.2 Å². The number of morpholine rings is 1. The Balaban J connectivity index is 2.01. The van der Waals surface area contributed by atoms with E-state index in [0.717, 1.165) is 45.0 Å². The van der Waals surface area contributed by atoms with Crippen LogP contribution < -0.4 is 5.32 Å². The number of anilines is 1. The zero-order valence-corrected chi connectivity index (χ0v) is 14.4. The second kappa shape index (κ2) is 8.47. The Morgan fingerprint density at radius 1 is 1.39 bits per heavy atom. The third-order valence-corrected chi connectivity index (χ3v) is 4.31. The third-order valence-electron chi connectivity index (χ3n) is 4.00. The van der Waals surface area contributed by atoms with E-state index in [4.69, 9.17) is 16.3 Å². The molecule has 2 rings (SSSR count). The quantitative estimate of drug-likeness (QED) is 0.608. The van der Waals surface area contributed by atoms with Crippen LogP contribution in [0.25, 0.3) is 0 Å². The minimum absolute atomic E-state index is 0.00691. The molecule has 1 N–H and O–H groups in total. The van der Waals surface area contributed by atoms with Gasteiger partial charge in [0.05, 0.1) is 28.8 Å². The molecule has 128 valence electrons. The third kappa shape index (κ3) is 5.34. The van der Waals surface area contributed by atoms with Crippen LogP contribution in [0.4, 0.5) is 11.4 Å². The highest BCUT2D eigenvalue weighted by molar-refractivity contribution is 6.33. The highest BCUT2D eigenvalue weighted by atomic mass is 35.5. The van der Waals surface area contributed by atoms with Gasteiger partial charge in [-0.2, -0.15) is 0 Å². The SMILES string of the molecule is CC(C)C[C@H](CNc1ccc([N+](=O)[O-])cc1Cl)N1CCOCC1. The van der Waals surface area contributed by atoms with Gasteiger partial charge in [-0.3, -0.25) is 15.0 Å². The molecule has 0 unspecified atom stereocenters. The summed E-state index contributed by atoms with van der Waals surface area (Å²) in [6.07, 6.45) is 1.08. The van der Waals surface area contributed by atoms with E-state index in [0.29, 0.717) is 17.0 Å². The number of non-ortho nitro benzene ring substituents is 1. The molecular weight excluding hydrogens is 318 g/mol. The van der Waals surface area contributed by atoms with Gasteiger partial charge in [-0.15, -0.1) is 0 Å². The summed E-state index contributed by atoms with van der Waals surface area (Å²) in [4.78, 5) is 12.8. The first-order valence-electron chi connectivity index (χ1n) is 7.97. The van der Waals surface area contributed by atoms with Gasteiger partial charge < -0.3 is 10.1 Å². The van der Waals surface area contributed by atoms with E-state index in [1.54, 1.807) is 6.07 Å². The first-order chi connectivity index (χ1) is 11.0. The molecule has 0 spiro atoms. The molecule has 0 bridgehead atoms. The summed E-state index contributed by atoms with van der Waals surface area (Å²) < 4.78 is 5.43. The van der Waals surface area contributed by atoms with Gasteiger partial charge in [-0.05, 0) is 18.4 Å². The van der Waals surface area contributed by atoms with E-state index in [1.807, 2.05) is 0 Å². The number of hydrogen-bond donors (Lipinski definition) is 1. The molecular formula is C16H24ClN3O3. The number of halogens is 1. The molecule has 1 heterocycles. The van der Waals surface area contributed by atoms with Crippen molar-refractivity contribution in [3.8, 4) is 0 Å². The molecule has 1 aromatic carbocycles. The lowest BCUT2D eigenvalue weighted by Gasteiger charge is -2.35.